The lowest BCUT2D eigenvalue weighted by Gasteiger charge is -2.19. The van der Waals surface area contributed by atoms with Gasteiger partial charge in [-0.05, 0) is 25.0 Å². The lowest BCUT2D eigenvalue weighted by atomic mass is 10.6. The normalized spacial score (nSPS) is 16.9. The molecule has 1 heterocycles. The van der Waals surface area contributed by atoms with Gasteiger partial charge in [-0.1, -0.05) is 11.6 Å². The van der Waals surface area contributed by atoms with Crippen LogP contribution in [0, 0.1) is 0 Å². The Morgan fingerprint density at radius 3 is 2.56 bits per heavy atom. The smallest absolute Gasteiger partial charge is 0.206 e. The fraction of sp³-hybridized carbons (Fsp3) is 0.556. The molecule has 3 nitrogen and oxygen atoms in total. The van der Waals surface area contributed by atoms with Gasteiger partial charge in [0, 0.05) is 18.5 Å². The van der Waals surface area contributed by atoms with E-state index in [1.807, 2.05) is 0 Å². The van der Waals surface area contributed by atoms with Gasteiger partial charge in [0.1, 0.15) is 4.21 Å². The quantitative estimate of drug-likeness (QED) is 0.784. The molecule has 0 N–H and O–H groups in total. The van der Waals surface area contributed by atoms with E-state index in [1.165, 1.54) is 4.31 Å². The van der Waals surface area contributed by atoms with E-state index < -0.39 is 10.0 Å². The molecule has 1 aliphatic rings. The van der Waals surface area contributed by atoms with E-state index in [4.69, 9.17) is 23.2 Å². The molecule has 0 bridgehead atoms. The summed E-state index contributed by atoms with van der Waals surface area (Å²) in [6.45, 7) is 0.365. The zero-order valence-electron chi connectivity index (χ0n) is 8.40. The highest BCUT2D eigenvalue weighted by Gasteiger charge is 2.38. The van der Waals surface area contributed by atoms with Crippen LogP contribution in [0.15, 0.2) is 16.3 Å². The van der Waals surface area contributed by atoms with Crippen LogP contribution in [0.25, 0.3) is 0 Å². The summed E-state index contributed by atoms with van der Waals surface area (Å²) in [7, 11) is -3.40. The molecule has 90 valence electrons. The van der Waals surface area contributed by atoms with Crippen molar-refractivity contribution < 1.29 is 8.42 Å². The number of sulfonamides is 1. The summed E-state index contributed by atoms with van der Waals surface area (Å²) in [5, 5.41) is 0. The highest BCUT2D eigenvalue weighted by atomic mass is 35.5. The predicted octanol–water partition coefficient (Wildman–Crippen LogP) is 2.79. The lowest BCUT2D eigenvalue weighted by Crippen LogP contribution is -2.34. The molecule has 1 aliphatic carbocycles. The maximum Gasteiger partial charge on any atom is 0.252 e. The van der Waals surface area contributed by atoms with Crippen molar-refractivity contribution in [1.82, 2.24) is 4.31 Å². The van der Waals surface area contributed by atoms with Crippen molar-refractivity contribution in [3.63, 3.8) is 0 Å². The van der Waals surface area contributed by atoms with E-state index in [9.17, 15) is 8.42 Å². The second kappa shape index (κ2) is 4.82. The molecule has 0 aromatic carbocycles. The van der Waals surface area contributed by atoms with E-state index in [2.05, 4.69) is 0 Å². The minimum atomic E-state index is -3.40. The Labute approximate surface area is 109 Å². The topological polar surface area (TPSA) is 37.4 Å². The maximum absolute atomic E-state index is 12.2. The highest BCUT2D eigenvalue weighted by molar-refractivity contribution is 7.91. The second-order valence-electron chi connectivity index (χ2n) is 3.59. The van der Waals surface area contributed by atoms with Gasteiger partial charge in [-0.15, -0.1) is 22.9 Å². The number of nitrogens with zero attached hydrogens (tertiary/aromatic N) is 1. The molecular formula is C9H11Cl2NO2S2. The Morgan fingerprint density at radius 1 is 1.44 bits per heavy atom. The van der Waals surface area contributed by atoms with Crippen LogP contribution < -0.4 is 0 Å². The predicted molar refractivity (Wildman–Crippen MR) is 67.0 cm³/mol. The van der Waals surface area contributed by atoms with Crippen molar-refractivity contribution in [3.05, 3.63) is 16.5 Å². The fourth-order valence-electron chi connectivity index (χ4n) is 1.50. The van der Waals surface area contributed by atoms with Crippen LogP contribution in [0.1, 0.15) is 12.8 Å². The van der Waals surface area contributed by atoms with Crippen LogP contribution in [0.2, 0.25) is 4.34 Å². The third kappa shape index (κ3) is 2.54. The first kappa shape index (κ1) is 12.6. The average molecular weight is 300 g/mol. The van der Waals surface area contributed by atoms with Gasteiger partial charge in [0.15, 0.2) is 0 Å². The van der Waals surface area contributed by atoms with Crippen molar-refractivity contribution in [2.75, 3.05) is 12.4 Å². The summed E-state index contributed by atoms with van der Waals surface area (Å²) in [6.07, 6.45) is 1.85. The summed E-state index contributed by atoms with van der Waals surface area (Å²) in [5.41, 5.74) is 0. The molecule has 0 atom stereocenters. The van der Waals surface area contributed by atoms with Crippen molar-refractivity contribution in [2.24, 2.45) is 0 Å². The summed E-state index contributed by atoms with van der Waals surface area (Å²) in [6, 6.07) is 3.28. The first-order valence-electron chi connectivity index (χ1n) is 4.89. The molecule has 0 unspecified atom stereocenters. The monoisotopic (exact) mass is 299 g/mol. The first-order chi connectivity index (χ1) is 7.55. The Bertz CT molecular complexity index is 468. The maximum atomic E-state index is 12.2. The van der Waals surface area contributed by atoms with Gasteiger partial charge in [-0.3, -0.25) is 0 Å². The SMILES string of the molecule is O=S(=O)(c1ccc(Cl)s1)N(CCCl)C1CC1. The number of rotatable bonds is 5. The molecule has 0 amide bonds. The van der Waals surface area contributed by atoms with Gasteiger partial charge < -0.3 is 0 Å². The fourth-order valence-corrected chi connectivity index (χ4v) is 5.08. The molecule has 7 heteroatoms. The second-order valence-corrected chi connectivity index (χ2v) is 7.80. The van der Waals surface area contributed by atoms with Crippen molar-refractivity contribution in [1.29, 1.82) is 0 Å². The van der Waals surface area contributed by atoms with Crippen molar-refractivity contribution >= 4 is 44.6 Å². The lowest BCUT2D eigenvalue weighted by molar-refractivity contribution is 0.424. The van der Waals surface area contributed by atoms with E-state index >= 15 is 0 Å². The molecule has 16 heavy (non-hydrogen) atoms. The van der Waals surface area contributed by atoms with E-state index in [0.717, 1.165) is 24.2 Å². The van der Waals surface area contributed by atoms with E-state index in [-0.39, 0.29) is 6.04 Å². The van der Waals surface area contributed by atoms with Crippen LogP contribution in [-0.4, -0.2) is 31.2 Å². The minimum absolute atomic E-state index is 0.129. The highest BCUT2D eigenvalue weighted by Crippen LogP contribution is 2.35. The number of hydrogen-bond acceptors (Lipinski definition) is 3. The molecule has 1 aromatic rings. The number of halogens is 2. The van der Waals surface area contributed by atoms with E-state index in [0.29, 0.717) is 21.0 Å². The van der Waals surface area contributed by atoms with Gasteiger partial charge in [-0.25, -0.2) is 8.42 Å². The largest absolute Gasteiger partial charge is 0.252 e. The van der Waals surface area contributed by atoms with Gasteiger partial charge in [0.2, 0.25) is 0 Å². The Balaban J connectivity index is 2.28. The molecular weight excluding hydrogens is 289 g/mol. The third-order valence-electron chi connectivity index (χ3n) is 2.37. The average Bonchev–Trinajstić information content (AvgIpc) is 2.96. The summed E-state index contributed by atoms with van der Waals surface area (Å²) >= 11 is 12.5. The minimum Gasteiger partial charge on any atom is -0.206 e. The zero-order valence-corrected chi connectivity index (χ0v) is 11.5. The molecule has 0 saturated heterocycles. The number of alkyl halides is 1. The van der Waals surface area contributed by atoms with Crippen LogP contribution in [0.4, 0.5) is 0 Å². The van der Waals surface area contributed by atoms with E-state index in [1.54, 1.807) is 12.1 Å². The van der Waals surface area contributed by atoms with Gasteiger partial charge in [-0.2, -0.15) is 4.31 Å². The number of thiophene rings is 1. The Hall–Kier alpha value is 0.190. The van der Waals surface area contributed by atoms with Gasteiger partial charge >= 0.3 is 0 Å². The van der Waals surface area contributed by atoms with Gasteiger partial charge in [0.25, 0.3) is 10.0 Å². The summed E-state index contributed by atoms with van der Waals surface area (Å²) in [4.78, 5) is 0. The molecule has 1 aromatic heterocycles. The zero-order chi connectivity index (χ0) is 11.8. The molecule has 1 saturated carbocycles. The van der Waals surface area contributed by atoms with Crippen LogP contribution in [0.3, 0.4) is 0 Å². The number of hydrogen-bond donors (Lipinski definition) is 0. The Morgan fingerprint density at radius 2 is 2.12 bits per heavy atom. The van der Waals surface area contributed by atoms with Crippen LogP contribution in [0.5, 0.6) is 0 Å². The van der Waals surface area contributed by atoms with Gasteiger partial charge in [0.05, 0.1) is 4.34 Å². The molecule has 2 rings (SSSR count). The van der Waals surface area contributed by atoms with Crippen molar-refractivity contribution in [2.45, 2.75) is 23.1 Å². The standard InChI is InChI=1S/C9H11Cl2NO2S2/c10-5-6-12(7-1-2-7)16(13,14)9-4-3-8(11)15-9/h3-4,7H,1-2,5-6H2. The molecule has 0 spiro atoms. The van der Waals surface area contributed by atoms with Crippen LogP contribution in [-0.2, 0) is 10.0 Å². The van der Waals surface area contributed by atoms with Crippen LogP contribution >= 0.6 is 34.5 Å². The Kier molecular flexibility index (Phi) is 3.81. The molecule has 0 radical (unpaired) electrons. The summed E-state index contributed by atoms with van der Waals surface area (Å²) in [5.74, 6) is 0.314. The summed E-state index contributed by atoms with van der Waals surface area (Å²) < 4.78 is 26.7. The molecule has 1 fully saturated rings. The first-order valence-corrected chi connectivity index (χ1v) is 8.06. The molecule has 0 aliphatic heterocycles. The van der Waals surface area contributed by atoms with Crippen molar-refractivity contribution in [3.8, 4) is 0 Å². The third-order valence-corrected chi connectivity index (χ3v) is 6.19.